The lowest BCUT2D eigenvalue weighted by atomic mass is 9.87. The van der Waals surface area contributed by atoms with Gasteiger partial charge in [0.1, 0.15) is 5.75 Å². The van der Waals surface area contributed by atoms with Gasteiger partial charge in [0.05, 0.1) is 12.0 Å². The first-order chi connectivity index (χ1) is 9.25. The molecule has 0 saturated carbocycles. The fraction of sp³-hybridized carbons (Fsp3) is 0.188. The highest BCUT2D eigenvalue weighted by Gasteiger charge is 2.36. The number of carbonyl (C=O) groups excluding carboxylic acids is 1. The fourth-order valence-corrected chi connectivity index (χ4v) is 2.41. The Kier molecular flexibility index (Phi) is 3.05. The third-order valence-electron chi connectivity index (χ3n) is 3.43. The van der Waals surface area contributed by atoms with Crippen LogP contribution in [0.4, 0.5) is 0 Å². The summed E-state index contributed by atoms with van der Waals surface area (Å²) in [5.74, 6) is -0.448. The highest BCUT2D eigenvalue weighted by Crippen LogP contribution is 2.37. The smallest absolute Gasteiger partial charge is 0.317 e. The number of fused-ring (bicyclic) bond motifs is 1. The molecule has 0 fully saturated rings. The molecule has 3 heteroatoms. The summed E-state index contributed by atoms with van der Waals surface area (Å²) in [5.41, 5.74) is 1.70. The van der Waals surface area contributed by atoms with Crippen LogP contribution in [0.1, 0.15) is 17.2 Å². The maximum atomic E-state index is 12.0. The molecule has 2 aromatic rings. The van der Waals surface area contributed by atoms with Crippen LogP contribution in [0.25, 0.3) is 0 Å². The minimum absolute atomic E-state index is 0.366. The van der Waals surface area contributed by atoms with Crippen LogP contribution in [0.5, 0.6) is 5.75 Å². The van der Waals surface area contributed by atoms with Crippen LogP contribution in [-0.2, 0) is 11.2 Å². The monoisotopic (exact) mass is 254 g/mol. The number of aliphatic hydroxyl groups is 1. The lowest BCUT2D eigenvalue weighted by Crippen LogP contribution is -2.33. The third-order valence-corrected chi connectivity index (χ3v) is 3.43. The van der Waals surface area contributed by atoms with Crippen LogP contribution in [0, 0.1) is 5.92 Å². The van der Waals surface area contributed by atoms with Crippen molar-refractivity contribution < 1.29 is 14.6 Å². The molecule has 1 N–H and O–H groups in total. The number of aliphatic hydroxyl groups excluding tert-OH is 1. The number of hydrogen-bond acceptors (Lipinski definition) is 3. The van der Waals surface area contributed by atoms with Crippen molar-refractivity contribution in [1.82, 2.24) is 0 Å². The summed E-state index contributed by atoms with van der Waals surface area (Å²) in [4.78, 5) is 12.0. The van der Waals surface area contributed by atoms with Crippen molar-refractivity contribution in [3.63, 3.8) is 0 Å². The van der Waals surface area contributed by atoms with Gasteiger partial charge in [0.15, 0.2) is 0 Å². The molecule has 2 atom stereocenters. The van der Waals surface area contributed by atoms with Gasteiger partial charge in [-0.25, -0.2) is 0 Å². The third kappa shape index (κ3) is 2.25. The average molecular weight is 254 g/mol. The number of para-hydroxylation sites is 1. The summed E-state index contributed by atoms with van der Waals surface area (Å²) in [7, 11) is 0. The second-order valence-electron chi connectivity index (χ2n) is 4.70. The molecule has 0 spiro atoms. The van der Waals surface area contributed by atoms with Crippen LogP contribution in [-0.4, -0.2) is 11.1 Å². The minimum Gasteiger partial charge on any atom is -0.426 e. The molecule has 0 radical (unpaired) electrons. The highest BCUT2D eigenvalue weighted by molar-refractivity contribution is 5.79. The summed E-state index contributed by atoms with van der Waals surface area (Å²) in [5, 5.41) is 10.4. The number of esters is 1. The minimum atomic E-state index is -0.808. The zero-order valence-corrected chi connectivity index (χ0v) is 10.3. The quantitative estimate of drug-likeness (QED) is 0.661. The zero-order valence-electron chi connectivity index (χ0n) is 10.3. The van der Waals surface area contributed by atoms with E-state index in [1.807, 2.05) is 36.4 Å². The van der Waals surface area contributed by atoms with E-state index in [0.29, 0.717) is 17.7 Å². The lowest BCUT2D eigenvalue weighted by Gasteiger charge is -2.28. The molecule has 3 nitrogen and oxygen atoms in total. The van der Waals surface area contributed by atoms with Crippen molar-refractivity contribution in [1.29, 1.82) is 0 Å². The van der Waals surface area contributed by atoms with Gasteiger partial charge in [-0.1, -0.05) is 48.5 Å². The number of benzene rings is 2. The Bertz CT molecular complexity index is 592. The first kappa shape index (κ1) is 11.9. The largest absolute Gasteiger partial charge is 0.426 e. The van der Waals surface area contributed by atoms with Gasteiger partial charge in [-0.15, -0.1) is 0 Å². The Morgan fingerprint density at radius 1 is 1.00 bits per heavy atom. The van der Waals surface area contributed by atoms with Crippen LogP contribution >= 0.6 is 0 Å². The summed E-state index contributed by atoms with van der Waals surface area (Å²) >= 11 is 0. The van der Waals surface area contributed by atoms with E-state index in [0.717, 1.165) is 5.56 Å². The highest BCUT2D eigenvalue weighted by atomic mass is 16.5. The van der Waals surface area contributed by atoms with Gasteiger partial charge in [-0.2, -0.15) is 0 Å². The Morgan fingerprint density at radius 2 is 1.68 bits per heavy atom. The summed E-state index contributed by atoms with van der Waals surface area (Å²) in [6.07, 6.45) is -0.326. The van der Waals surface area contributed by atoms with E-state index in [4.69, 9.17) is 4.74 Å². The fourth-order valence-electron chi connectivity index (χ4n) is 2.41. The summed E-state index contributed by atoms with van der Waals surface area (Å²) in [6.45, 7) is 0. The molecule has 2 aromatic carbocycles. The molecule has 96 valence electrons. The van der Waals surface area contributed by atoms with Crippen molar-refractivity contribution in [2.24, 2.45) is 5.92 Å². The molecule has 0 aliphatic carbocycles. The summed E-state index contributed by atoms with van der Waals surface area (Å²) in [6, 6.07) is 16.8. The van der Waals surface area contributed by atoms with Crippen LogP contribution in [0.3, 0.4) is 0 Å². The van der Waals surface area contributed by atoms with Crippen LogP contribution < -0.4 is 4.74 Å². The van der Waals surface area contributed by atoms with Crippen LogP contribution in [0.15, 0.2) is 54.6 Å². The number of carbonyl (C=O) groups is 1. The predicted molar refractivity (Wildman–Crippen MR) is 70.7 cm³/mol. The topological polar surface area (TPSA) is 46.5 Å². The predicted octanol–water partition coefficient (Wildman–Crippen LogP) is 2.50. The standard InChI is InChI=1S/C16H14O3/c17-15-12-8-4-5-9-14(12)19-16(18)13(15)10-11-6-2-1-3-7-11/h1-9,13,15,17H,10H2/t13-,15-/m0/s1. The Morgan fingerprint density at radius 3 is 2.47 bits per heavy atom. The number of ether oxygens (including phenoxy) is 1. The van der Waals surface area contributed by atoms with Crippen molar-refractivity contribution >= 4 is 5.97 Å². The van der Waals surface area contributed by atoms with Crippen molar-refractivity contribution in [3.8, 4) is 5.75 Å². The normalized spacial score (nSPS) is 21.6. The molecule has 1 aliphatic heterocycles. The van der Waals surface area contributed by atoms with Gasteiger partial charge < -0.3 is 9.84 Å². The van der Waals surface area contributed by atoms with E-state index in [9.17, 15) is 9.90 Å². The SMILES string of the molecule is O=C1Oc2ccccc2[C@H](O)[C@@H]1Cc1ccccc1. The molecule has 3 rings (SSSR count). The van der Waals surface area contributed by atoms with Crippen LogP contribution in [0.2, 0.25) is 0 Å². The molecular formula is C16H14O3. The van der Waals surface area contributed by atoms with Crippen molar-refractivity contribution in [2.45, 2.75) is 12.5 Å². The number of hydrogen-bond donors (Lipinski definition) is 1. The molecule has 0 unspecified atom stereocenters. The molecule has 1 heterocycles. The van der Waals surface area contributed by atoms with Gasteiger partial charge in [-0.3, -0.25) is 4.79 Å². The Labute approximate surface area is 111 Å². The van der Waals surface area contributed by atoms with Gasteiger partial charge in [-0.05, 0) is 18.1 Å². The average Bonchev–Trinajstić information content (AvgIpc) is 2.45. The molecule has 0 amide bonds. The van der Waals surface area contributed by atoms with Gasteiger partial charge >= 0.3 is 5.97 Å². The van der Waals surface area contributed by atoms with Crippen molar-refractivity contribution in [2.75, 3.05) is 0 Å². The van der Waals surface area contributed by atoms with E-state index in [1.165, 1.54) is 0 Å². The lowest BCUT2D eigenvalue weighted by molar-refractivity contribution is -0.145. The maximum absolute atomic E-state index is 12.0. The van der Waals surface area contributed by atoms with E-state index >= 15 is 0 Å². The molecule has 0 aromatic heterocycles. The second kappa shape index (κ2) is 4.86. The molecular weight excluding hydrogens is 240 g/mol. The van der Waals surface area contributed by atoms with E-state index < -0.39 is 12.0 Å². The molecule has 19 heavy (non-hydrogen) atoms. The van der Waals surface area contributed by atoms with E-state index in [-0.39, 0.29) is 5.97 Å². The molecule has 0 saturated heterocycles. The van der Waals surface area contributed by atoms with E-state index in [2.05, 4.69) is 0 Å². The molecule has 0 bridgehead atoms. The maximum Gasteiger partial charge on any atom is 0.317 e. The van der Waals surface area contributed by atoms with Gasteiger partial charge in [0.25, 0.3) is 0 Å². The number of rotatable bonds is 2. The Balaban J connectivity index is 1.89. The zero-order chi connectivity index (χ0) is 13.2. The van der Waals surface area contributed by atoms with Gasteiger partial charge in [0.2, 0.25) is 0 Å². The summed E-state index contributed by atoms with van der Waals surface area (Å²) < 4.78 is 5.29. The van der Waals surface area contributed by atoms with Crippen molar-refractivity contribution in [3.05, 3.63) is 65.7 Å². The first-order valence-electron chi connectivity index (χ1n) is 6.28. The Hall–Kier alpha value is -2.13. The molecule has 1 aliphatic rings. The van der Waals surface area contributed by atoms with Gasteiger partial charge in [0, 0.05) is 5.56 Å². The first-order valence-corrected chi connectivity index (χ1v) is 6.28. The van der Waals surface area contributed by atoms with E-state index in [1.54, 1.807) is 18.2 Å². The second-order valence-corrected chi connectivity index (χ2v) is 4.70.